The molecule has 13 nitrogen and oxygen atoms in total. The number of carbonyl (C=O) groups excluding carboxylic acids is 5. The maximum Gasteiger partial charge on any atom is 0.411 e. The van der Waals surface area contributed by atoms with Crippen LogP contribution in [0.2, 0.25) is 0 Å². The molecule has 3 N–H and O–H groups in total. The summed E-state index contributed by atoms with van der Waals surface area (Å²) in [5.74, 6) is -3.45. The van der Waals surface area contributed by atoms with Gasteiger partial charge < -0.3 is 19.9 Å². The minimum absolute atomic E-state index is 0.0535. The number of amides is 5. The van der Waals surface area contributed by atoms with Crippen molar-refractivity contribution >= 4 is 45.4 Å². The SMILES string of the molecule is C=CC1CC1(NC(=O)[C@@H]1C[C@@H](OC(=O)Nc2ccc(-c3ccccc3)cc2)CN1C(=O)[C@@H](CC(=O)N1CCCCC1)C(C)(C)C)C(=O)NS(=O)(=O)C1CC1. The number of piperidine rings is 1. The van der Waals surface area contributed by atoms with E-state index < -0.39 is 74.0 Å². The summed E-state index contributed by atoms with van der Waals surface area (Å²) >= 11 is 0. The highest BCUT2D eigenvalue weighted by atomic mass is 32.2. The van der Waals surface area contributed by atoms with Crippen LogP contribution in [0.3, 0.4) is 0 Å². The van der Waals surface area contributed by atoms with Crippen molar-refractivity contribution in [2.45, 2.75) is 95.1 Å². The van der Waals surface area contributed by atoms with E-state index in [9.17, 15) is 32.4 Å². The number of ether oxygens (including phenoxy) is 1. The Balaban J connectivity index is 1.20. The van der Waals surface area contributed by atoms with E-state index >= 15 is 0 Å². The van der Waals surface area contributed by atoms with Crippen molar-refractivity contribution in [3.8, 4) is 11.1 Å². The average Bonchev–Trinajstić information content (AvgIpc) is 4.07. The fourth-order valence-corrected chi connectivity index (χ4v) is 8.84. The minimum Gasteiger partial charge on any atom is -0.444 e. The molecule has 14 heteroatoms. The van der Waals surface area contributed by atoms with Crippen molar-refractivity contribution in [3.05, 3.63) is 67.3 Å². The Hall–Kier alpha value is -4.72. The Morgan fingerprint density at radius 2 is 1.61 bits per heavy atom. The Labute approximate surface area is 317 Å². The molecule has 2 saturated carbocycles. The monoisotopic (exact) mass is 761 g/mol. The molecule has 2 heterocycles. The van der Waals surface area contributed by atoms with E-state index in [4.69, 9.17) is 4.74 Å². The van der Waals surface area contributed by atoms with Gasteiger partial charge in [0.25, 0.3) is 5.91 Å². The summed E-state index contributed by atoms with van der Waals surface area (Å²) in [6, 6.07) is 15.8. The molecule has 0 aromatic heterocycles. The van der Waals surface area contributed by atoms with Gasteiger partial charge in [-0.25, -0.2) is 13.2 Å². The molecule has 5 atom stereocenters. The topological polar surface area (TPSA) is 171 Å². The Kier molecular flexibility index (Phi) is 11.2. The zero-order valence-electron chi connectivity index (χ0n) is 31.2. The van der Waals surface area contributed by atoms with Gasteiger partial charge in [-0.15, -0.1) is 6.58 Å². The Morgan fingerprint density at radius 1 is 0.963 bits per heavy atom. The van der Waals surface area contributed by atoms with Gasteiger partial charge in [-0.1, -0.05) is 69.3 Å². The summed E-state index contributed by atoms with van der Waals surface area (Å²) in [7, 11) is -3.90. The van der Waals surface area contributed by atoms with Gasteiger partial charge in [0, 0.05) is 37.5 Å². The lowest BCUT2D eigenvalue weighted by Gasteiger charge is -2.36. The molecule has 2 aliphatic carbocycles. The van der Waals surface area contributed by atoms with E-state index in [1.807, 2.05) is 63.2 Å². The molecule has 290 valence electrons. The summed E-state index contributed by atoms with van der Waals surface area (Å²) in [6.45, 7) is 10.5. The van der Waals surface area contributed by atoms with Gasteiger partial charge in [0.2, 0.25) is 27.7 Å². The highest BCUT2D eigenvalue weighted by Crippen LogP contribution is 2.46. The zero-order chi connectivity index (χ0) is 38.8. The summed E-state index contributed by atoms with van der Waals surface area (Å²) in [4.78, 5) is 72.0. The van der Waals surface area contributed by atoms with Gasteiger partial charge >= 0.3 is 6.09 Å². The minimum atomic E-state index is -3.90. The number of sulfonamides is 1. The number of rotatable bonds is 12. The van der Waals surface area contributed by atoms with Crippen molar-refractivity contribution in [1.29, 1.82) is 0 Å². The van der Waals surface area contributed by atoms with Crippen LogP contribution in [-0.2, 0) is 33.9 Å². The van der Waals surface area contributed by atoms with E-state index in [1.165, 1.54) is 11.0 Å². The smallest absolute Gasteiger partial charge is 0.411 e. The lowest BCUT2D eigenvalue weighted by atomic mass is 9.77. The van der Waals surface area contributed by atoms with Crippen molar-refractivity contribution in [2.75, 3.05) is 25.0 Å². The number of carbonyl (C=O) groups is 5. The van der Waals surface area contributed by atoms with Crippen LogP contribution in [0.15, 0.2) is 67.3 Å². The normalized spacial score (nSPS) is 24.5. The van der Waals surface area contributed by atoms with Gasteiger partial charge in [0.05, 0.1) is 17.7 Å². The predicted molar refractivity (Wildman–Crippen MR) is 203 cm³/mol. The van der Waals surface area contributed by atoms with E-state index in [1.54, 1.807) is 17.0 Å². The highest BCUT2D eigenvalue weighted by Gasteiger charge is 2.62. The molecule has 2 aliphatic heterocycles. The van der Waals surface area contributed by atoms with Crippen molar-refractivity contribution < 1.29 is 37.1 Å². The number of hydrogen-bond donors (Lipinski definition) is 3. The molecule has 0 spiro atoms. The number of nitrogens with one attached hydrogen (secondary N) is 3. The van der Waals surface area contributed by atoms with Gasteiger partial charge in [0.1, 0.15) is 17.7 Å². The largest absolute Gasteiger partial charge is 0.444 e. The summed E-state index contributed by atoms with van der Waals surface area (Å²) < 4.78 is 33.3. The second kappa shape index (κ2) is 15.6. The summed E-state index contributed by atoms with van der Waals surface area (Å²) in [6.07, 6.45) is 3.57. The first-order valence-corrected chi connectivity index (χ1v) is 20.4. The third-order valence-corrected chi connectivity index (χ3v) is 12.9. The molecule has 5 amide bonds. The van der Waals surface area contributed by atoms with Crippen LogP contribution in [-0.4, -0.2) is 90.5 Å². The second-order valence-corrected chi connectivity index (χ2v) is 18.0. The Bertz CT molecular complexity index is 1870. The summed E-state index contributed by atoms with van der Waals surface area (Å²) in [5.41, 5.74) is 0.237. The molecule has 4 aliphatic rings. The van der Waals surface area contributed by atoms with Gasteiger partial charge in [-0.2, -0.15) is 0 Å². The third-order valence-electron chi connectivity index (χ3n) is 11.0. The van der Waals surface area contributed by atoms with Crippen molar-refractivity contribution in [1.82, 2.24) is 19.8 Å². The first kappa shape index (κ1) is 39.0. The van der Waals surface area contributed by atoms with Crippen LogP contribution in [0.25, 0.3) is 11.1 Å². The molecule has 2 unspecified atom stereocenters. The van der Waals surface area contributed by atoms with E-state index in [0.29, 0.717) is 31.6 Å². The predicted octanol–water partition coefficient (Wildman–Crippen LogP) is 4.61. The molecule has 2 aromatic rings. The lowest BCUT2D eigenvalue weighted by Crippen LogP contribution is -2.57. The molecule has 6 rings (SSSR count). The Morgan fingerprint density at radius 3 is 2.20 bits per heavy atom. The number of anilines is 1. The quantitative estimate of drug-likeness (QED) is 0.264. The number of hydrogen-bond acceptors (Lipinski definition) is 8. The van der Waals surface area contributed by atoms with Gasteiger partial charge in [-0.3, -0.25) is 29.2 Å². The number of nitrogens with zero attached hydrogens (tertiary/aromatic N) is 2. The second-order valence-electron chi connectivity index (χ2n) is 16.1. The van der Waals surface area contributed by atoms with Crippen LogP contribution < -0.4 is 15.4 Å². The van der Waals surface area contributed by atoms with E-state index in [0.717, 1.165) is 30.4 Å². The van der Waals surface area contributed by atoms with Crippen LogP contribution in [0.5, 0.6) is 0 Å². The molecule has 2 aromatic carbocycles. The molecule has 4 fully saturated rings. The zero-order valence-corrected chi connectivity index (χ0v) is 32.0. The van der Waals surface area contributed by atoms with E-state index in [-0.39, 0.29) is 31.7 Å². The first-order valence-electron chi connectivity index (χ1n) is 18.8. The molecular formula is C40H51N5O8S. The molecule has 54 heavy (non-hydrogen) atoms. The maximum absolute atomic E-state index is 14.5. The fourth-order valence-electron chi connectivity index (χ4n) is 7.48. The first-order chi connectivity index (χ1) is 25.6. The van der Waals surface area contributed by atoms with Crippen LogP contribution in [0, 0.1) is 17.3 Å². The maximum atomic E-state index is 14.5. The van der Waals surface area contributed by atoms with E-state index in [2.05, 4.69) is 21.9 Å². The van der Waals surface area contributed by atoms with Crippen LogP contribution >= 0.6 is 0 Å². The molecule has 2 saturated heterocycles. The molecule has 0 bridgehead atoms. The third kappa shape index (κ3) is 8.80. The molecular weight excluding hydrogens is 711 g/mol. The van der Waals surface area contributed by atoms with Crippen LogP contribution in [0.4, 0.5) is 10.5 Å². The van der Waals surface area contributed by atoms with Crippen LogP contribution in [0.1, 0.15) is 72.1 Å². The number of likely N-dealkylation sites (tertiary alicyclic amines) is 2. The number of benzene rings is 2. The van der Waals surface area contributed by atoms with Crippen molar-refractivity contribution in [3.63, 3.8) is 0 Å². The highest BCUT2D eigenvalue weighted by molar-refractivity contribution is 7.91. The lowest BCUT2D eigenvalue weighted by molar-refractivity contribution is -0.148. The van der Waals surface area contributed by atoms with Crippen molar-refractivity contribution in [2.24, 2.45) is 17.3 Å². The fraction of sp³-hybridized carbons (Fsp3) is 0.525. The average molecular weight is 762 g/mol. The van der Waals surface area contributed by atoms with Gasteiger partial charge in [-0.05, 0) is 67.2 Å². The standard InChI is InChI=1S/C40H51N5O8S/c1-5-28-24-40(28,37(49)43-54(51,52)31-18-19-31)42-35(47)33-22-30(53-38(50)41-29-16-14-27(15-17-29)26-12-8-6-9-13-26)25-45(33)36(48)32(39(2,3)4)23-34(46)44-20-10-7-11-21-44/h5-6,8-9,12-17,28,30-33H,1,7,10-11,18-25H2,2-4H3,(H,41,50)(H,42,47)(H,43,49)/t28?,30-,32-,33+,40?/m1/s1. The summed E-state index contributed by atoms with van der Waals surface area (Å²) in [5, 5.41) is 4.84. The van der Waals surface area contributed by atoms with Gasteiger partial charge in [0.15, 0.2) is 0 Å². The molecule has 0 radical (unpaired) electrons.